The number of carboxylic acids is 1. The number of carboxylic acid groups (broad SMARTS) is 1. The number of likely N-dealkylation sites (tertiary alicyclic amines) is 1. The number of carbonyl (C=O) groups excluding carboxylic acids is 2. The van der Waals surface area contributed by atoms with Crippen LogP contribution >= 0.6 is 11.3 Å². The lowest BCUT2D eigenvalue weighted by Crippen LogP contribution is -2.69. The number of amides is 2. The van der Waals surface area contributed by atoms with E-state index in [9.17, 15) is 50.2 Å². The van der Waals surface area contributed by atoms with Gasteiger partial charge in [0.05, 0.1) is 11.6 Å². The summed E-state index contributed by atoms with van der Waals surface area (Å²) in [5, 5.41) is 11.2. The highest BCUT2D eigenvalue weighted by molar-refractivity contribution is 7.10. The van der Waals surface area contributed by atoms with Crippen LogP contribution in [0.25, 0.3) is 0 Å². The number of rotatable bonds is 7. The van der Waals surface area contributed by atoms with E-state index in [1.807, 2.05) is 0 Å². The third kappa shape index (κ3) is 6.64. The summed E-state index contributed by atoms with van der Waals surface area (Å²) < 4.78 is 103. The second-order valence-corrected chi connectivity index (χ2v) is 12.3. The van der Waals surface area contributed by atoms with Crippen LogP contribution in [0.2, 0.25) is 0 Å². The fourth-order valence-electron chi connectivity index (χ4n) is 6.30. The molecule has 1 N–H and O–H groups in total. The first-order valence-corrected chi connectivity index (χ1v) is 15.4. The molecule has 0 spiro atoms. The normalized spacial score (nSPS) is 21.7. The number of benzene rings is 1. The highest BCUT2D eigenvalue weighted by Crippen LogP contribution is 2.43. The molecule has 0 bridgehead atoms. The summed E-state index contributed by atoms with van der Waals surface area (Å²) in [6.07, 6.45) is -9.04. The number of aromatic nitrogens is 1. The first-order valence-electron chi connectivity index (χ1n) is 14.6. The number of fused-ring (bicyclic) bond motifs is 1. The Hall–Kier alpha value is -4.21. The van der Waals surface area contributed by atoms with Gasteiger partial charge in [-0.15, -0.1) is 11.3 Å². The molecule has 1 saturated heterocycles. The molecule has 8 nitrogen and oxygen atoms in total. The minimum Gasteiger partial charge on any atom is -0.480 e. The smallest absolute Gasteiger partial charge is 0.425 e. The molecule has 1 fully saturated rings. The summed E-state index contributed by atoms with van der Waals surface area (Å²) in [6, 6.07) is 3.13. The molecular formula is C31H28F7N3O5S. The Morgan fingerprint density at radius 3 is 2.45 bits per heavy atom. The summed E-state index contributed by atoms with van der Waals surface area (Å²) in [4.78, 5) is 45.8. The fourth-order valence-corrected chi connectivity index (χ4v) is 6.98. The van der Waals surface area contributed by atoms with Crippen molar-refractivity contribution in [3.63, 3.8) is 0 Å². The molecule has 3 aromatic rings. The number of alkyl halides is 6. The zero-order chi connectivity index (χ0) is 34.3. The molecule has 0 saturated carbocycles. The molecule has 0 aliphatic carbocycles. The minimum absolute atomic E-state index is 0.0322. The van der Waals surface area contributed by atoms with Gasteiger partial charge in [0.2, 0.25) is 5.60 Å². The molecule has 16 heteroatoms. The zero-order valence-electron chi connectivity index (χ0n) is 24.7. The van der Waals surface area contributed by atoms with Crippen molar-refractivity contribution in [3.8, 4) is 5.75 Å². The van der Waals surface area contributed by atoms with E-state index in [4.69, 9.17) is 4.74 Å². The number of piperidine rings is 1. The fraction of sp³-hybridized carbons (Fsp3) is 0.419. The van der Waals surface area contributed by atoms with Crippen molar-refractivity contribution in [1.29, 1.82) is 0 Å². The highest BCUT2D eigenvalue weighted by atomic mass is 32.1. The molecule has 2 aliphatic rings. The molecule has 2 amide bonds. The van der Waals surface area contributed by atoms with Crippen LogP contribution in [-0.4, -0.2) is 61.9 Å². The maximum absolute atomic E-state index is 14.8. The minimum atomic E-state index is -4.96. The van der Waals surface area contributed by atoms with Crippen molar-refractivity contribution in [1.82, 2.24) is 14.8 Å². The van der Waals surface area contributed by atoms with Gasteiger partial charge in [-0.1, -0.05) is 19.4 Å². The summed E-state index contributed by atoms with van der Waals surface area (Å²) >= 11 is 0.292. The number of hydrogen-bond acceptors (Lipinski definition) is 6. The predicted octanol–water partition coefficient (Wildman–Crippen LogP) is 6.58. The van der Waals surface area contributed by atoms with Crippen molar-refractivity contribution in [2.24, 2.45) is 0 Å². The topological polar surface area (TPSA) is 100 Å². The van der Waals surface area contributed by atoms with Crippen LogP contribution < -0.4 is 4.74 Å². The van der Waals surface area contributed by atoms with Gasteiger partial charge >= 0.3 is 18.3 Å². The van der Waals surface area contributed by atoms with Gasteiger partial charge in [-0.25, -0.2) is 9.18 Å². The van der Waals surface area contributed by atoms with Gasteiger partial charge in [-0.2, -0.15) is 26.3 Å². The molecule has 47 heavy (non-hydrogen) atoms. The van der Waals surface area contributed by atoms with Crippen LogP contribution in [-0.2, 0) is 34.9 Å². The molecule has 4 heterocycles. The first-order chi connectivity index (χ1) is 22.1. The lowest BCUT2D eigenvalue weighted by atomic mass is 9.79. The van der Waals surface area contributed by atoms with Gasteiger partial charge in [-0.05, 0) is 48.2 Å². The molecule has 2 aromatic heterocycles. The summed E-state index contributed by atoms with van der Waals surface area (Å²) in [5.74, 6) is -4.61. The number of halogens is 7. The summed E-state index contributed by atoms with van der Waals surface area (Å²) in [5.41, 5.74) is -3.71. The van der Waals surface area contributed by atoms with Crippen molar-refractivity contribution in [3.05, 3.63) is 81.1 Å². The molecule has 2 aliphatic heterocycles. The first kappa shape index (κ1) is 34.1. The van der Waals surface area contributed by atoms with E-state index in [1.54, 1.807) is 6.92 Å². The Labute approximate surface area is 267 Å². The molecule has 0 unspecified atom stereocenters. The molecule has 0 radical (unpaired) electrons. The van der Waals surface area contributed by atoms with E-state index in [1.165, 1.54) is 6.07 Å². The van der Waals surface area contributed by atoms with Crippen LogP contribution in [0.3, 0.4) is 0 Å². The SMILES string of the molecule is CCC[C@H]1N(C(=O)c2ncccc2C(F)(F)F)CCC[C@@]1(Oc1csc(C(F)(F)F)c1)C(=O)N1Cc2ccc(F)cc2C[C@H]1C(=O)O. The molecular weight excluding hydrogens is 659 g/mol. The van der Waals surface area contributed by atoms with Crippen LogP contribution in [0.4, 0.5) is 30.7 Å². The second-order valence-electron chi connectivity index (χ2n) is 11.3. The van der Waals surface area contributed by atoms with E-state index in [2.05, 4.69) is 4.98 Å². The van der Waals surface area contributed by atoms with Gasteiger partial charge in [0.1, 0.15) is 28.2 Å². The zero-order valence-corrected chi connectivity index (χ0v) is 25.5. The summed E-state index contributed by atoms with van der Waals surface area (Å²) in [6.45, 7) is 1.20. The van der Waals surface area contributed by atoms with E-state index >= 15 is 0 Å². The van der Waals surface area contributed by atoms with Crippen molar-refractivity contribution < 1.29 is 55.0 Å². The van der Waals surface area contributed by atoms with Crippen LogP contribution in [0.1, 0.15) is 64.7 Å². The van der Waals surface area contributed by atoms with Crippen molar-refractivity contribution in [2.45, 2.75) is 75.6 Å². The summed E-state index contributed by atoms with van der Waals surface area (Å²) in [7, 11) is 0. The number of hydrogen-bond donors (Lipinski definition) is 1. The van der Waals surface area contributed by atoms with Crippen molar-refractivity contribution >= 4 is 29.1 Å². The van der Waals surface area contributed by atoms with Gasteiger partial charge in [0, 0.05) is 43.6 Å². The van der Waals surface area contributed by atoms with Crippen LogP contribution in [0.5, 0.6) is 5.75 Å². The molecule has 1 aromatic carbocycles. The van der Waals surface area contributed by atoms with Gasteiger partial charge < -0.3 is 19.6 Å². The third-order valence-electron chi connectivity index (χ3n) is 8.36. The lowest BCUT2D eigenvalue weighted by molar-refractivity contribution is -0.168. The van der Waals surface area contributed by atoms with E-state index in [0.29, 0.717) is 34.6 Å². The number of aliphatic carboxylic acids is 1. The second kappa shape index (κ2) is 12.8. The maximum atomic E-state index is 14.8. The Bertz CT molecular complexity index is 1680. The standard InChI is InChI=1S/C31H28F7N3O5S/c1-2-5-23-29(46-20-14-24(47-16-20)31(36,37)38,9-4-11-40(23)26(42)25-21(30(33,34)35)6-3-10-39-25)28(45)41-15-17-7-8-19(32)12-18(17)13-22(41)27(43)44/h3,6-8,10,12,14,16,22-23H,2,4-5,9,11,13,15H2,1H3,(H,43,44)/t22-,23+,29-/m0/s1. The van der Waals surface area contributed by atoms with Gasteiger partial charge in [-0.3, -0.25) is 14.6 Å². The van der Waals surface area contributed by atoms with Crippen molar-refractivity contribution in [2.75, 3.05) is 6.54 Å². The number of thiophene rings is 1. The number of carbonyl (C=O) groups is 3. The van der Waals surface area contributed by atoms with Crippen LogP contribution in [0, 0.1) is 5.82 Å². The molecule has 3 atom stereocenters. The Kier molecular flexibility index (Phi) is 9.27. The Morgan fingerprint density at radius 1 is 1.06 bits per heavy atom. The Balaban J connectivity index is 1.65. The lowest BCUT2D eigenvalue weighted by Gasteiger charge is -2.51. The molecule has 5 rings (SSSR count). The quantitative estimate of drug-likeness (QED) is 0.282. The number of ether oxygens (including phenoxy) is 1. The number of nitrogens with zero attached hydrogens (tertiary/aromatic N) is 3. The Morgan fingerprint density at radius 2 is 1.81 bits per heavy atom. The largest absolute Gasteiger partial charge is 0.480 e. The maximum Gasteiger partial charge on any atom is 0.425 e. The van der Waals surface area contributed by atoms with Gasteiger partial charge in [0.25, 0.3) is 11.8 Å². The van der Waals surface area contributed by atoms with E-state index in [-0.39, 0.29) is 50.9 Å². The van der Waals surface area contributed by atoms with E-state index < -0.39 is 69.8 Å². The average molecular weight is 688 g/mol. The van der Waals surface area contributed by atoms with E-state index in [0.717, 1.165) is 39.6 Å². The number of pyridine rings is 1. The third-order valence-corrected chi connectivity index (χ3v) is 9.31. The predicted molar refractivity (Wildman–Crippen MR) is 153 cm³/mol. The van der Waals surface area contributed by atoms with Gasteiger partial charge in [0.15, 0.2) is 0 Å². The molecule has 252 valence electrons. The highest BCUT2D eigenvalue weighted by Gasteiger charge is 2.57. The van der Waals surface area contributed by atoms with Crippen LogP contribution in [0.15, 0.2) is 48.0 Å². The monoisotopic (exact) mass is 687 g/mol. The average Bonchev–Trinajstić information content (AvgIpc) is 3.49.